The molecule has 0 aliphatic heterocycles. The van der Waals surface area contributed by atoms with E-state index in [0.717, 1.165) is 22.9 Å². The number of amides is 1. The summed E-state index contributed by atoms with van der Waals surface area (Å²) in [4.78, 5) is 34.5. The maximum absolute atomic E-state index is 12.0. The van der Waals surface area contributed by atoms with E-state index in [-0.39, 0.29) is 29.3 Å². The molecule has 0 unspecified atom stereocenters. The van der Waals surface area contributed by atoms with Crippen LogP contribution in [0.5, 0.6) is 0 Å². The second kappa shape index (κ2) is 9.61. The van der Waals surface area contributed by atoms with E-state index in [1.54, 1.807) is 12.1 Å². The molecule has 164 valence electrons. The standard InChI is InChI=1S/C23H21N3O6/c1-13-3-4-18(7-14(13)2)24-12-21(27)26-25-11-19-5-6-20(32-19)15-8-16(22(28)29)10-17(9-15)23(30)31/h3-11,24H,12H2,1-2H3,(H,26,27)(H,28,29)(H,30,31)/b25-11+. The molecule has 0 saturated carbocycles. The summed E-state index contributed by atoms with van der Waals surface area (Å²) in [6.45, 7) is 4.03. The zero-order valence-electron chi connectivity index (χ0n) is 17.4. The van der Waals surface area contributed by atoms with Crippen molar-refractivity contribution in [2.24, 2.45) is 5.10 Å². The summed E-state index contributed by atoms with van der Waals surface area (Å²) in [6.07, 6.45) is 1.29. The fourth-order valence-corrected chi connectivity index (χ4v) is 2.84. The summed E-state index contributed by atoms with van der Waals surface area (Å²) >= 11 is 0. The van der Waals surface area contributed by atoms with Crippen LogP contribution < -0.4 is 10.7 Å². The second-order valence-corrected chi connectivity index (χ2v) is 7.06. The second-order valence-electron chi connectivity index (χ2n) is 7.06. The molecule has 3 rings (SSSR count). The first-order valence-electron chi connectivity index (χ1n) is 9.58. The summed E-state index contributed by atoms with van der Waals surface area (Å²) in [5.41, 5.74) is 5.44. The van der Waals surface area contributed by atoms with Gasteiger partial charge in [0.15, 0.2) is 0 Å². The highest BCUT2D eigenvalue weighted by Crippen LogP contribution is 2.24. The highest BCUT2D eigenvalue weighted by Gasteiger charge is 2.14. The number of aromatic carboxylic acids is 2. The maximum Gasteiger partial charge on any atom is 0.335 e. The average Bonchev–Trinajstić information content (AvgIpc) is 3.23. The van der Waals surface area contributed by atoms with Crippen LogP contribution in [0.2, 0.25) is 0 Å². The number of carboxylic acid groups (broad SMARTS) is 2. The van der Waals surface area contributed by atoms with E-state index in [0.29, 0.717) is 11.3 Å². The number of hydrogen-bond donors (Lipinski definition) is 4. The van der Waals surface area contributed by atoms with Crippen LogP contribution in [0.1, 0.15) is 37.6 Å². The molecule has 0 radical (unpaired) electrons. The third-order valence-electron chi connectivity index (χ3n) is 4.68. The van der Waals surface area contributed by atoms with Crippen molar-refractivity contribution in [3.05, 3.63) is 76.5 Å². The number of aryl methyl sites for hydroxylation is 2. The fraction of sp³-hybridized carbons (Fsp3) is 0.130. The van der Waals surface area contributed by atoms with Gasteiger partial charge in [0, 0.05) is 11.3 Å². The topological polar surface area (TPSA) is 141 Å². The zero-order valence-corrected chi connectivity index (χ0v) is 17.4. The number of hydrogen-bond acceptors (Lipinski definition) is 6. The third kappa shape index (κ3) is 5.60. The molecule has 0 bridgehead atoms. The van der Waals surface area contributed by atoms with Crippen molar-refractivity contribution in [3.8, 4) is 11.3 Å². The van der Waals surface area contributed by atoms with Gasteiger partial charge in [0.05, 0.1) is 23.9 Å². The Labute approximate surface area is 183 Å². The van der Waals surface area contributed by atoms with Crippen molar-refractivity contribution >= 4 is 29.7 Å². The minimum Gasteiger partial charge on any atom is -0.478 e. The fourth-order valence-electron chi connectivity index (χ4n) is 2.84. The molecule has 1 aromatic heterocycles. The summed E-state index contributed by atoms with van der Waals surface area (Å²) in [5.74, 6) is -2.30. The number of carbonyl (C=O) groups excluding carboxylic acids is 1. The van der Waals surface area contributed by atoms with Crippen LogP contribution in [0.3, 0.4) is 0 Å². The van der Waals surface area contributed by atoms with E-state index in [4.69, 9.17) is 4.42 Å². The average molecular weight is 435 g/mol. The summed E-state index contributed by atoms with van der Waals surface area (Å²) in [5, 5.41) is 25.2. The summed E-state index contributed by atoms with van der Waals surface area (Å²) in [6, 6.07) is 12.6. The van der Waals surface area contributed by atoms with Gasteiger partial charge >= 0.3 is 11.9 Å². The molecule has 0 fully saturated rings. The van der Waals surface area contributed by atoms with Crippen molar-refractivity contribution < 1.29 is 29.0 Å². The van der Waals surface area contributed by atoms with Crippen molar-refractivity contribution in [2.45, 2.75) is 13.8 Å². The Morgan fingerprint density at radius 1 is 0.938 bits per heavy atom. The monoisotopic (exact) mass is 435 g/mol. The number of rotatable bonds is 8. The number of nitrogens with one attached hydrogen (secondary N) is 2. The minimum atomic E-state index is -1.25. The van der Waals surface area contributed by atoms with Crippen LogP contribution in [0, 0.1) is 13.8 Å². The molecular formula is C23H21N3O6. The molecule has 3 aromatic rings. The van der Waals surface area contributed by atoms with Crippen molar-refractivity contribution in [3.63, 3.8) is 0 Å². The molecule has 9 heteroatoms. The molecule has 0 saturated heterocycles. The van der Waals surface area contributed by atoms with Gasteiger partial charge < -0.3 is 19.9 Å². The van der Waals surface area contributed by atoms with Crippen molar-refractivity contribution in [1.82, 2.24) is 5.43 Å². The lowest BCUT2D eigenvalue weighted by atomic mass is 10.0. The predicted molar refractivity (Wildman–Crippen MR) is 118 cm³/mol. The maximum atomic E-state index is 12.0. The number of anilines is 1. The largest absolute Gasteiger partial charge is 0.478 e. The van der Waals surface area contributed by atoms with Gasteiger partial charge in [-0.25, -0.2) is 15.0 Å². The number of furan rings is 1. The SMILES string of the molecule is Cc1ccc(NCC(=O)N/N=C/c2ccc(-c3cc(C(=O)O)cc(C(=O)O)c3)o2)cc1C. The molecule has 0 aliphatic rings. The Bertz CT molecular complexity index is 1180. The van der Waals surface area contributed by atoms with E-state index in [9.17, 15) is 24.6 Å². The van der Waals surface area contributed by atoms with Crippen LogP contribution in [-0.4, -0.2) is 40.8 Å². The number of nitrogens with zero attached hydrogens (tertiary/aromatic N) is 1. The van der Waals surface area contributed by atoms with E-state index >= 15 is 0 Å². The molecular weight excluding hydrogens is 414 g/mol. The lowest BCUT2D eigenvalue weighted by molar-refractivity contribution is -0.119. The molecule has 0 atom stereocenters. The van der Waals surface area contributed by atoms with Gasteiger partial charge in [-0.1, -0.05) is 6.07 Å². The quantitative estimate of drug-likeness (QED) is 0.313. The van der Waals surface area contributed by atoms with Crippen LogP contribution in [0.4, 0.5) is 5.69 Å². The highest BCUT2D eigenvalue weighted by atomic mass is 16.4. The van der Waals surface area contributed by atoms with E-state index in [1.807, 2.05) is 32.0 Å². The van der Waals surface area contributed by atoms with Gasteiger partial charge in [0.2, 0.25) is 0 Å². The van der Waals surface area contributed by atoms with Gasteiger partial charge in [0.25, 0.3) is 5.91 Å². The molecule has 1 amide bonds. The summed E-state index contributed by atoms with van der Waals surface area (Å²) in [7, 11) is 0. The Balaban J connectivity index is 1.62. The molecule has 0 aliphatic carbocycles. The summed E-state index contributed by atoms with van der Waals surface area (Å²) < 4.78 is 5.57. The van der Waals surface area contributed by atoms with E-state index < -0.39 is 11.9 Å². The van der Waals surface area contributed by atoms with Gasteiger partial charge in [-0.15, -0.1) is 0 Å². The smallest absolute Gasteiger partial charge is 0.335 e. The molecule has 2 aromatic carbocycles. The van der Waals surface area contributed by atoms with E-state index in [2.05, 4.69) is 15.8 Å². The number of hydrazone groups is 1. The number of carbonyl (C=O) groups is 3. The van der Waals surface area contributed by atoms with Crippen LogP contribution in [-0.2, 0) is 4.79 Å². The minimum absolute atomic E-state index is 0.0309. The van der Waals surface area contributed by atoms with E-state index in [1.165, 1.54) is 18.3 Å². The first-order valence-corrected chi connectivity index (χ1v) is 9.58. The van der Waals surface area contributed by atoms with Crippen LogP contribution >= 0.6 is 0 Å². The molecule has 1 heterocycles. The van der Waals surface area contributed by atoms with Crippen molar-refractivity contribution in [1.29, 1.82) is 0 Å². The van der Waals surface area contributed by atoms with Gasteiger partial charge in [0.1, 0.15) is 11.5 Å². The molecule has 32 heavy (non-hydrogen) atoms. The normalized spacial score (nSPS) is 10.8. The predicted octanol–water partition coefficient (Wildman–Crippen LogP) is 3.52. The van der Waals surface area contributed by atoms with Crippen molar-refractivity contribution in [2.75, 3.05) is 11.9 Å². The van der Waals surface area contributed by atoms with Crippen LogP contribution in [0.25, 0.3) is 11.3 Å². The molecule has 9 nitrogen and oxygen atoms in total. The highest BCUT2D eigenvalue weighted by molar-refractivity contribution is 5.96. The zero-order chi connectivity index (χ0) is 23.3. The van der Waals surface area contributed by atoms with Gasteiger partial charge in [-0.05, 0) is 67.4 Å². The van der Waals surface area contributed by atoms with Gasteiger partial charge in [-0.2, -0.15) is 5.10 Å². The third-order valence-corrected chi connectivity index (χ3v) is 4.68. The molecule has 0 spiro atoms. The first-order chi connectivity index (χ1) is 15.2. The van der Waals surface area contributed by atoms with Crippen LogP contribution in [0.15, 0.2) is 58.0 Å². The number of benzene rings is 2. The lowest BCUT2D eigenvalue weighted by Gasteiger charge is -2.07. The first kappa shape index (κ1) is 22.3. The Hall–Kier alpha value is -4.40. The number of carboxylic acids is 2. The Kier molecular flexibility index (Phi) is 6.69. The Morgan fingerprint density at radius 2 is 1.62 bits per heavy atom. The lowest BCUT2D eigenvalue weighted by Crippen LogP contribution is -2.25. The van der Waals surface area contributed by atoms with Gasteiger partial charge in [-0.3, -0.25) is 4.79 Å². The molecule has 4 N–H and O–H groups in total. The Morgan fingerprint density at radius 3 is 2.25 bits per heavy atom.